The number of thioether (sulfide) groups is 1. The average Bonchev–Trinajstić information content (AvgIpc) is 2.37. The highest BCUT2D eigenvalue weighted by atomic mass is 32.2. The predicted molar refractivity (Wildman–Crippen MR) is 76.6 cm³/mol. The lowest BCUT2D eigenvalue weighted by atomic mass is 10.2. The van der Waals surface area contributed by atoms with Crippen LogP contribution in [-0.4, -0.2) is 26.8 Å². The fourth-order valence-electron chi connectivity index (χ4n) is 1.72. The highest BCUT2D eigenvalue weighted by Crippen LogP contribution is 2.29. The lowest BCUT2D eigenvalue weighted by Crippen LogP contribution is -2.02. The van der Waals surface area contributed by atoms with Crippen molar-refractivity contribution in [3.05, 3.63) is 29.8 Å². The lowest BCUT2D eigenvalue weighted by Gasteiger charge is -2.10. The van der Waals surface area contributed by atoms with Gasteiger partial charge in [-0.1, -0.05) is 19.9 Å². The summed E-state index contributed by atoms with van der Waals surface area (Å²) in [7, 11) is 0. The largest absolute Gasteiger partial charge is 0.481 e. The number of carboxylic acids is 1. The van der Waals surface area contributed by atoms with Crippen LogP contribution in [0.15, 0.2) is 23.2 Å². The van der Waals surface area contributed by atoms with Crippen LogP contribution < -0.4 is 0 Å². The first-order valence-electron chi connectivity index (χ1n) is 6.29. The number of hydrogen-bond donors (Lipinski definition) is 1. The van der Waals surface area contributed by atoms with Crippen LogP contribution in [0.2, 0.25) is 0 Å². The molecule has 0 spiro atoms. The van der Waals surface area contributed by atoms with Crippen LogP contribution in [0, 0.1) is 5.82 Å². The Morgan fingerprint density at radius 2 is 2.15 bits per heavy atom. The van der Waals surface area contributed by atoms with E-state index in [4.69, 9.17) is 5.11 Å². The predicted octanol–water partition coefficient (Wildman–Crippen LogP) is 3.46. The molecule has 1 heterocycles. The molecule has 0 unspecified atom stereocenters. The second-order valence-corrected chi connectivity index (χ2v) is 5.75. The zero-order chi connectivity index (χ0) is 14.7. The second-order valence-electron chi connectivity index (χ2n) is 4.67. The first-order valence-corrected chi connectivity index (χ1v) is 7.28. The average molecular weight is 294 g/mol. The smallest absolute Gasteiger partial charge is 0.304 e. The summed E-state index contributed by atoms with van der Waals surface area (Å²) in [5.74, 6) is -0.133. The molecule has 0 aliphatic carbocycles. The zero-order valence-electron chi connectivity index (χ0n) is 11.3. The Balaban J connectivity index is 2.45. The molecule has 0 aliphatic rings. The van der Waals surface area contributed by atoms with Crippen molar-refractivity contribution in [2.45, 2.75) is 31.2 Å². The van der Waals surface area contributed by atoms with Crippen molar-refractivity contribution >= 4 is 28.6 Å². The van der Waals surface area contributed by atoms with Crippen LogP contribution in [-0.2, 0) is 4.79 Å². The number of carbonyl (C=O) groups is 1. The molecular formula is C14H15FN2O2S. The monoisotopic (exact) mass is 294 g/mol. The van der Waals surface area contributed by atoms with Gasteiger partial charge in [-0.25, -0.2) is 14.4 Å². The van der Waals surface area contributed by atoms with Gasteiger partial charge < -0.3 is 5.11 Å². The minimum absolute atomic E-state index is 0.0155. The molecule has 2 aromatic rings. The van der Waals surface area contributed by atoms with Crippen LogP contribution in [0.25, 0.3) is 10.9 Å². The van der Waals surface area contributed by atoms with Gasteiger partial charge in [-0.3, -0.25) is 4.79 Å². The van der Waals surface area contributed by atoms with Crippen molar-refractivity contribution in [2.24, 2.45) is 0 Å². The summed E-state index contributed by atoms with van der Waals surface area (Å²) in [4.78, 5) is 19.3. The molecule has 6 heteroatoms. The van der Waals surface area contributed by atoms with Gasteiger partial charge in [0.2, 0.25) is 0 Å². The number of benzene rings is 1. The number of halogens is 1. The zero-order valence-corrected chi connectivity index (χ0v) is 12.1. The molecule has 4 nitrogen and oxygen atoms in total. The topological polar surface area (TPSA) is 63.1 Å². The number of fused-ring (bicyclic) bond motifs is 1. The maximum absolute atomic E-state index is 14.0. The Morgan fingerprint density at radius 3 is 2.80 bits per heavy atom. The summed E-state index contributed by atoms with van der Waals surface area (Å²) in [5, 5.41) is 9.56. The molecular weight excluding hydrogens is 279 g/mol. The first kappa shape index (κ1) is 14.7. The number of nitrogens with zero attached hydrogens (tertiary/aromatic N) is 2. The molecule has 0 amide bonds. The number of carboxylic acid groups (broad SMARTS) is 1. The highest BCUT2D eigenvalue weighted by molar-refractivity contribution is 7.99. The van der Waals surface area contributed by atoms with E-state index in [9.17, 15) is 9.18 Å². The van der Waals surface area contributed by atoms with E-state index in [1.54, 1.807) is 12.1 Å². The van der Waals surface area contributed by atoms with Crippen LogP contribution >= 0.6 is 11.8 Å². The van der Waals surface area contributed by atoms with E-state index in [-0.39, 0.29) is 18.2 Å². The van der Waals surface area contributed by atoms with E-state index in [2.05, 4.69) is 9.97 Å². The third kappa shape index (κ3) is 3.25. The van der Waals surface area contributed by atoms with Gasteiger partial charge in [-0.15, -0.1) is 11.8 Å². The van der Waals surface area contributed by atoms with Crippen LogP contribution in [0.4, 0.5) is 4.39 Å². The van der Waals surface area contributed by atoms with Gasteiger partial charge in [0.25, 0.3) is 0 Å². The minimum Gasteiger partial charge on any atom is -0.481 e. The summed E-state index contributed by atoms with van der Waals surface area (Å²) in [6, 6.07) is 4.72. The summed E-state index contributed by atoms with van der Waals surface area (Å²) in [6.07, 6.45) is 0.0155. The quantitative estimate of drug-likeness (QED) is 0.676. The van der Waals surface area contributed by atoms with Gasteiger partial charge in [0.05, 0.1) is 17.3 Å². The van der Waals surface area contributed by atoms with Crippen LogP contribution in [0.1, 0.15) is 32.0 Å². The Morgan fingerprint density at radius 1 is 1.40 bits per heavy atom. The Kier molecular flexibility index (Phi) is 4.54. The number of aliphatic carboxylic acids is 1. The third-order valence-corrected chi connectivity index (χ3v) is 3.70. The molecule has 2 rings (SSSR count). The SMILES string of the molecule is CC(C)c1nc(SCCC(=O)O)c2c(F)cccc2n1. The maximum atomic E-state index is 14.0. The number of hydrogen-bond acceptors (Lipinski definition) is 4. The lowest BCUT2D eigenvalue weighted by molar-refractivity contribution is -0.136. The van der Waals surface area contributed by atoms with E-state index in [1.807, 2.05) is 13.8 Å². The van der Waals surface area contributed by atoms with E-state index in [0.29, 0.717) is 27.5 Å². The first-order chi connectivity index (χ1) is 9.49. The van der Waals surface area contributed by atoms with Crippen LogP contribution in [0.3, 0.4) is 0 Å². The van der Waals surface area contributed by atoms with Crippen molar-refractivity contribution in [1.29, 1.82) is 0 Å². The van der Waals surface area contributed by atoms with Gasteiger partial charge in [0, 0.05) is 11.7 Å². The van der Waals surface area contributed by atoms with E-state index >= 15 is 0 Å². The maximum Gasteiger partial charge on any atom is 0.304 e. The molecule has 0 bridgehead atoms. The molecule has 1 N–H and O–H groups in total. The van der Waals surface area contributed by atoms with E-state index in [1.165, 1.54) is 17.8 Å². The molecule has 0 atom stereocenters. The fraction of sp³-hybridized carbons (Fsp3) is 0.357. The molecule has 0 aliphatic heterocycles. The van der Waals surface area contributed by atoms with E-state index in [0.717, 1.165) is 0 Å². The van der Waals surface area contributed by atoms with Gasteiger partial charge >= 0.3 is 5.97 Å². The van der Waals surface area contributed by atoms with Gasteiger partial charge in [0.1, 0.15) is 16.7 Å². The van der Waals surface area contributed by atoms with Gasteiger partial charge in [-0.05, 0) is 12.1 Å². The van der Waals surface area contributed by atoms with Crippen molar-refractivity contribution in [3.63, 3.8) is 0 Å². The number of rotatable bonds is 5. The second kappa shape index (κ2) is 6.17. The van der Waals surface area contributed by atoms with Gasteiger partial charge in [-0.2, -0.15) is 0 Å². The molecule has 0 fully saturated rings. The van der Waals surface area contributed by atoms with Crippen molar-refractivity contribution in [1.82, 2.24) is 9.97 Å². The Bertz CT molecular complexity index is 646. The number of aromatic nitrogens is 2. The minimum atomic E-state index is -0.875. The normalized spacial score (nSPS) is 11.2. The molecule has 1 aromatic carbocycles. The summed E-state index contributed by atoms with van der Waals surface area (Å²) < 4.78 is 14.0. The Labute approximate surface area is 120 Å². The summed E-state index contributed by atoms with van der Waals surface area (Å²) in [6.45, 7) is 3.93. The van der Waals surface area contributed by atoms with Crippen molar-refractivity contribution in [3.8, 4) is 0 Å². The summed E-state index contributed by atoms with van der Waals surface area (Å²) >= 11 is 1.25. The van der Waals surface area contributed by atoms with Crippen molar-refractivity contribution in [2.75, 3.05) is 5.75 Å². The third-order valence-electron chi connectivity index (χ3n) is 2.73. The van der Waals surface area contributed by atoms with Crippen molar-refractivity contribution < 1.29 is 14.3 Å². The standard InChI is InChI=1S/C14H15FN2O2S/c1-8(2)13-16-10-5-3-4-9(15)12(10)14(17-13)20-7-6-11(18)19/h3-5,8H,6-7H2,1-2H3,(H,18,19). The summed E-state index contributed by atoms with van der Waals surface area (Å²) in [5.41, 5.74) is 0.557. The molecule has 1 aromatic heterocycles. The Hall–Kier alpha value is -1.69. The van der Waals surface area contributed by atoms with E-state index < -0.39 is 5.97 Å². The highest BCUT2D eigenvalue weighted by Gasteiger charge is 2.14. The van der Waals surface area contributed by atoms with Crippen LogP contribution in [0.5, 0.6) is 0 Å². The molecule has 0 saturated carbocycles. The molecule has 0 saturated heterocycles. The molecule has 106 valence electrons. The fourth-order valence-corrected chi connectivity index (χ4v) is 2.70. The molecule has 0 radical (unpaired) electrons. The van der Waals surface area contributed by atoms with Gasteiger partial charge in [0.15, 0.2) is 0 Å². The molecule has 20 heavy (non-hydrogen) atoms.